The molecule has 0 bridgehead atoms. The van der Waals surface area contributed by atoms with Gasteiger partial charge in [-0.1, -0.05) is 60.8 Å². The van der Waals surface area contributed by atoms with Crippen LogP contribution in [0.25, 0.3) is 0 Å². The first-order valence-corrected chi connectivity index (χ1v) is 5.45. The monoisotopic (exact) mass is 170 g/mol. The molecule has 2 unspecified atom stereocenters. The summed E-state index contributed by atoms with van der Waals surface area (Å²) in [4.78, 5) is 0. The van der Waals surface area contributed by atoms with E-state index < -0.39 is 0 Å². The summed E-state index contributed by atoms with van der Waals surface area (Å²) < 4.78 is 0. The average Bonchev–Trinajstić information content (AvgIpc) is 2.03. The number of hydrogen-bond acceptors (Lipinski definition) is 0. The number of rotatable bonds is 5. The Morgan fingerprint density at radius 3 is 1.92 bits per heavy atom. The molecule has 0 heterocycles. The zero-order valence-electron chi connectivity index (χ0n) is 9.78. The average molecular weight is 170 g/mol. The molecule has 2 atom stereocenters. The highest BCUT2D eigenvalue weighted by Gasteiger charge is 2.27. The maximum atomic E-state index is 2.41. The Balaban J connectivity index is 4.07. The Hall–Kier alpha value is 0. The smallest absolute Gasteiger partial charge is 0.0329 e. The van der Waals surface area contributed by atoms with Gasteiger partial charge in [0.2, 0.25) is 0 Å². The minimum Gasteiger partial charge on any atom is -0.0654 e. The lowest BCUT2D eigenvalue weighted by molar-refractivity contribution is 0.152. The van der Waals surface area contributed by atoms with Crippen molar-refractivity contribution in [1.29, 1.82) is 0 Å². The highest BCUT2D eigenvalue weighted by atomic mass is 14.3. The Labute approximate surface area is 78.8 Å². The van der Waals surface area contributed by atoms with E-state index in [1.165, 1.54) is 19.3 Å². The van der Waals surface area contributed by atoms with Gasteiger partial charge in [0.1, 0.15) is 0 Å². The van der Waals surface area contributed by atoms with Gasteiger partial charge < -0.3 is 0 Å². The Kier molecular flexibility index (Phi) is 4.89. The van der Waals surface area contributed by atoms with Crippen LogP contribution in [0.2, 0.25) is 0 Å². The molecule has 0 aromatic heterocycles. The zero-order valence-corrected chi connectivity index (χ0v) is 9.78. The van der Waals surface area contributed by atoms with Gasteiger partial charge in [0.25, 0.3) is 0 Å². The lowest BCUT2D eigenvalue weighted by Crippen LogP contribution is -2.26. The van der Waals surface area contributed by atoms with Gasteiger partial charge in [-0.05, 0) is 17.3 Å². The maximum Gasteiger partial charge on any atom is -0.0329 e. The van der Waals surface area contributed by atoms with Crippen LogP contribution in [0.3, 0.4) is 0 Å². The molecule has 0 aromatic rings. The van der Waals surface area contributed by atoms with E-state index in [9.17, 15) is 0 Å². The SMILES string of the molecule is CCCC(C)C(C)C(C)(C)CC. The van der Waals surface area contributed by atoms with Gasteiger partial charge >= 0.3 is 0 Å². The molecule has 0 radical (unpaired) electrons. The van der Waals surface area contributed by atoms with Crippen LogP contribution in [0.5, 0.6) is 0 Å². The summed E-state index contributed by atoms with van der Waals surface area (Å²) >= 11 is 0. The molecule has 0 nitrogen and oxygen atoms in total. The molecule has 0 spiro atoms. The minimum absolute atomic E-state index is 0.522. The van der Waals surface area contributed by atoms with E-state index in [4.69, 9.17) is 0 Å². The topological polar surface area (TPSA) is 0 Å². The summed E-state index contributed by atoms with van der Waals surface area (Å²) in [6.45, 7) is 14.2. The van der Waals surface area contributed by atoms with Crippen molar-refractivity contribution >= 4 is 0 Å². The standard InChI is InChI=1S/C12H26/c1-7-9-10(3)11(4)12(5,6)8-2/h10-11H,7-9H2,1-6H3. The summed E-state index contributed by atoms with van der Waals surface area (Å²) in [7, 11) is 0. The van der Waals surface area contributed by atoms with Crippen molar-refractivity contribution in [1.82, 2.24) is 0 Å². The second-order valence-electron chi connectivity index (χ2n) is 4.90. The molecule has 0 aromatic carbocycles. The van der Waals surface area contributed by atoms with Crippen LogP contribution >= 0.6 is 0 Å². The van der Waals surface area contributed by atoms with Crippen molar-refractivity contribution in [3.05, 3.63) is 0 Å². The Morgan fingerprint density at radius 2 is 1.58 bits per heavy atom. The third kappa shape index (κ3) is 3.16. The van der Waals surface area contributed by atoms with E-state index in [0.717, 1.165) is 11.8 Å². The van der Waals surface area contributed by atoms with Gasteiger partial charge in [-0.2, -0.15) is 0 Å². The van der Waals surface area contributed by atoms with Crippen molar-refractivity contribution in [2.24, 2.45) is 17.3 Å². The normalized spacial score (nSPS) is 17.5. The molecule has 0 rings (SSSR count). The molecule has 0 aliphatic carbocycles. The molecule has 0 saturated heterocycles. The molecule has 0 amide bonds. The van der Waals surface area contributed by atoms with E-state index >= 15 is 0 Å². The van der Waals surface area contributed by atoms with Gasteiger partial charge in [0.15, 0.2) is 0 Å². The third-order valence-electron chi connectivity index (χ3n) is 3.74. The van der Waals surface area contributed by atoms with Gasteiger partial charge in [-0.15, -0.1) is 0 Å². The zero-order chi connectivity index (χ0) is 9.78. The Bertz CT molecular complexity index is 113. The molecule has 0 N–H and O–H groups in total. The molecular formula is C12H26. The van der Waals surface area contributed by atoms with Crippen LogP contribution in [-0.2, 0) is 0 Å². The van der Waals surface area contributed by atoms with Crippen molar-refractivity contribution in [3.63, 3.8) is 0 Å². The molecular weight excluding hydrogens is 144 g/mol. The largest absolute Gasteiger partial charge is 0.0654 e. The summed E-state index contributed by atoms with van der Waals surface area (Å²) in [6, 6.07) is 0. The fourth-order valence-corrected chi connectivity index (χ4v) is 1.80. The van der Waals surface area contributed by atoms with Crippen molar-refractivity contribution in [3.8, 4) is 0 Å². The molecule has 74 valence electrons. The summed E-state index contributed by atoms with van der Waals surface area (Å²) in [5, 5.41) is 0. The first kappa shape index (κ1) is 12.0. The van der Waals surface area contributed by atoms with E-state index in [-0.39, 0.29) is 0 Å². The lowest BCUT2D eigenvalue weighted by Gasteiger charge is -2.35. The van der Waals surface area contributed by atoms with Crippen LogP contribution in [-0.4, -0.2) is 0 Å². The van der Waals surface area contributed by atoms with Crippen LogP contribution in [0, 0.1) is 17.3 Å². The van der Waals surface area contributed by atoms with E-state index in [1.54, 1.807) is 0 Å². The van der Waals surface area contributed by atoms with E-state index in [1.807, 2.05) is 0 Å². The summed E-state index contributed by atoms with van der Waals surface area (Å²) in [5.41, 5.74) is 0.522. The molecule has 0 aliphatic heterocycles. The van der Waals surface area contributed by atoms with Crippen molar-refractivity contribution in [2.45, 2.75) is 60.8 Å². The predicted molar refractivity (Wildman–Crippen MR) is 57.3 cm³/mol. The van der Waals surface area contributed by atoms with Gasteiger partial charge in [-0.3, -0.25) is 0 Å². The second-order valence-corrected chi connectivity index (χ2v) is 4.90. The minimum atomic E-state index is 0.522. The second kappa shape index (κ2) is 4.89. The maximum absolute atomic E-state index is 2.41. The first-order chi connectivity index (χ1) is 5.45. The van der Waals surface area contributed by atoms with E-state index in [0.29, 0.717) is 5.41 Å². The highest BCUT2D eigenvalue weighted by molar-refractivity contribution is 4.77. The molecule has 12 heavy (non-hydrogen) atoms. The van der Waals surface area contributed by atoms with Crippen molar-refractivity contribution < 1.29 is 0 Å². The molecule has 0 heteroatoms. The van der Waals surface area contributed by atoms with Gasteiger partial charge in [-0.25, -0.2) is 0 Å². The highest BCUT2D eigenvalue weighted by Crippen LogP contribution is 2.36. The number of hydrogen-bond donors (Lipinski definition) is 0. The van der Waals surface area contributed by atoms with Crippen LogP contribution < -0.4 is 0 Å². The van der Waals surface area contributed by atoms with Crippen LogP contribution in [0.1, 0.15) is 60.8 Å². The van der Waals surface area contributed by atoms with Gasteiger partial charge in [0.05, 0.1) is 0 Å². The Morgan fingerprint density at radius 1 is 1.08 bits per heavy atom. The lowest BCUT2D eigenvalue weighted by atomic mass is 9.71. The summed E-state index contributed by atoms with van der Waals surface area (Å²) in [5.74, 6) is 1.73. The molecule has 0 fully saturated rings. The van der Waals surface area contributed by atoms with E-state index in [2.05, 4.69) is 41.5 Å². The third-order valence-corrected chi connectivity index (χ3v) is 3.74. The molecule has 0 saturated carbocycles. The van der Waals surface area contributed by atoms with Crippen molar-refractivity contribution in [2.75, 3.05) is 0 Å². The van der Waals surface area contributed by atoms with Crippen LogP contribution in [0.15, 0.2) is 0 Å². The first-order valence-electron chi connectivity index (χ1n) is 5.45. The fraction of sp³-hybridized carbons (Fsp3) is 1.00. The van der Waals surface area contributed by atoms with Gasteiger partial charge in [0, 0.05) is 0 Å². The quantitative estimate of drug-likeness (QED) is 0.570. The predicted octanol–water partition coefficient (Wildman–Crippen LogP) is 4.49. The summed E-state index contributed by atoms with van der Waals surface area (Å²) in [6.07, 6.45) is 4.00. The molecule has 0 aliphatic rings. The fourth-order valence-electron chi connectivity index (χ4n) is 1.80. The van der Waals surface area contributed by atoms with Crippen LogP contribution in [0.4, 0.5) is 0 Å².